The number of hydrogen-bond donors (Lipinski definition) is 0. The lowest BCUT2D eigenvalue weighted by molar-refractivity contribution is -0.158. The summed E-state index contributed by atoms with van der Waals surface area (Å²) in [5.41, 5.74) is -0.704. The van der Waals surface area contributed by atoms with Gasteiger partial charge in [0.05, 0.1) is 23.7 Å². The van der Waals surface area contributed by atoms with Crippen LogP contribution in [0.2, 0.25) is 0 Å². The third kappa shape index (κ3) is 5.22. The number of hydrogen-bond acceptors (Lipinski definition) is 5. The number of nitrogens with zero attached hydrogens (tertiary/aromatic N) is 2. The standard InChI is InChI=1S/C21H27FN2O4/c1-5-27-18(25)21(13-16-12-17(22)7-6-15(16)14-23)8-10-24(11-9-21)19(26)28-20(2,3)4/h6-7,12H,5,8-11,13H2,1-4H3. The van der Waals surface area contributed by atoms with Crippen molar-refractivity contribution in [2.45, 2.75) is 52.6 Å². The van der Waals surface area contributed by atoms with E-state index in [0.29, 0.717) is 37.1 Å². The van der Waals surface area contributed by atoms with Gasteiger partial charge in [-0.3, -0.25) is 4.79 Å². The maximum absolute atomic E-state index is 13.7. The van der Waals surface area contributed by atoms with E-state index in [1.165, 1.54) is 18.2 Å². The maximum Gasteiger partial charge on any atom is 0.410 e. The Morgan fingerprint density at radius 2 is 1.93 bits per heavy atom. The first-order valence-electron chi connectivity index (χ1n) is 9.44. The van der Waals surface area contributed by atoms with Crippen LogP contribution in [-0.4, -0.2) is 42.3 Å². The Balaban J connectivity index is 2.23. The molecule has 1 aromatic rings. The molecule has 1 saturated heterocycles. The summed E-state index contributed by atoms with van der Waals surface area (Å²) in [5.74, 6) is -0.841. The van der Waals surface area contributed by atoms with Gasteiger partial charge in [0.15, 0.2) is 0 Å². The Bertz CT molecular complexity index is 772. The Morgan fingerprint density at radius 3 is 2.46 bits per heavy atom. The van der Waals surface area contributed by atoms with E-state index in [0.717, 1.165) is 0 Å². The Hall–Kier alpha value is -2.62. The Kier molecular flexibility index (Phi) is 6.65. The summed E-state index contributed by atoms with van der Waals surface area (Å²) in [6, 6.07) is 5.98. The Labute approximate surface area is 165 Å². The number of likely N-dealkylation sites (tertiary alicyclic amines) is 1. The van der Waals surface area contributed by atoms with Crippen LogP contribution in [0.25, 0.3) is 0 Å². The molecular weight excluding hydrogens is 363 g/mol. The highest BCUT2D eigenvalue weighted by Gasteiger charge is 2.44. The Morgan fingerprint density at radius 1 is 1.29 bits per heavy atom. The lowest BCUT2D eigenvalue weighted by Crippen LogP contribution is -2.49. The molecule has 0 aromatic heterocycles. The highest BCUT2D eigenvalue weighted by molar-refractivity contribution is 5.78. The van der Waals surface area contributed by atoms with Gasteiger partial charge in [0, 0.05) is 13.1 Å². The van der Waals surface area contributed by atoms with Crippen LogP contribution in [-0.2, 0) is 20.7 Å². The fourth-order valence-electron chi connectivity index (χ4n) is 3.36. The van der Waals surface area contributed by atoms with E-state index in [1.54, 1.807) is 32.6 Å². The van der Waals surface area contributed by atoms with Crippen molar-refractivity contribution >= 4 is 12.1 Å². The first-order chi connectivity index (χ1) is 13.1. The number of carbonyl (C=O) groups is 2. The average molecular weight is 390 g/mol. The van der Waals surface area contributed by atoms with Gasteiger partial charge in [-0.1, -0.05) is 0 Å². The van der Waals surface area contributed by atoms with E-state index in [2.05, 4.69) is 0 Å². The predicted molar refractivity (Wildman–Crippen MR) is 101 cm³/mol. The molecule has 0 spiro atoms. The molecular formula is C21H27FN2O4. The molecule has 28 heavy (non-hydrogen) atoms. The van der Waals surface area contributed by atoms with Gasteiger partial charge in [0.25, 0.3) is 0 Å². The summed E-state index contributed by atoms with van der Waals surface area (Å²) in [5, 5.41) is 9.33. The minimum Gasteiger partial charge on any atom is -0.466 e. The molecule has 0 bridgehead atoms. The number of amides is 1. The summed E-state index contributed by atoms with van der Waals surface area (Å²) in [4.78, 5) is 26.7. The highest BCUT2D eigenvalue weighted by Crippen LogP contribution is 2.38. The minimum absolute atomic E-state index is 0.189. The highest BCUT2D eigenvalue weighted by atomic mass is 19.1. The molecule has 1 fully saturated rings. The number of benzene rings is 1. The first kappa shape index (κ1) is 21.7. The third-order valence-electron chi connectivity index (χ3n) is 4.80. The molecule has 0 N–H and O–H groups in total. The molecule has 0 atom stereocenters. The monoisotopic (exact) mass is 390 g/mol. The lowest BCUT2D eigenvalue weighted by atomic mass is 9.73. The van der Waals surface area contributed by atoms with Crippen molar-refractivity contribution < 1.29 is 23.5 Å². The van der Waals surface area contributed by atoms with Crippen molar-refractivity contribution in [1.29, 1.82) is 5.26 Å². The van der Waals surface area contributed by atoms with Gasteiger partial charge in [-0.15, -0.1) is 0 Å². The predicted octanol–water partition coefficient (Wildman–Crippen LogP) is 3.82. The number of ether oxygens (including phenoxy) is 2. The van der Waals surface area contributed by atoms with Crippen LogP contribution in [0.15, 0.2) is 18.2 Å². The smallest absolute Gasteiger partial charge is 0.410 e. The largest absolute Gasteiger partial charge is 0.466 e. The van der Waals surface area contributed by atoms with E-state index < -0.39 is 22.9 Å². The minimum atomic E-state index is -0.909. The summed E-state index contributed by atoms with van der Waals surface area (Å²) < 4.78 is 24.4. The van der Waals surface area contributed by atoms with Gasteiger partial charge in [-0.2, -0.15) is 5.26 Å². The molecule has 0 radical (unpaired) electrons. The van der Waals surface area contributed by atoms with Crippen LogP contribution in [0.4, 0.5) is 9.18 Å². The van der Waals surface area contributed by atoms with Gasteiger partial charge in [0.1, 0.15) is 11.4 Å². The van der Waals surface area contributed by atoms with Crippen molar-refractivity contribution in [2.75, 3.05) is 19.7 Å². The van der Waals surface area contributed by atoms with Crippen molar-refractivity contribution in [2.24, 2.45) is 5.41 Å². The zero-order valence-corrected chi connectivity index (χ0v) is 16.9. The van der Waals surface area contributed by atoms with Crippen LogP contribution in [0.5, 0.6) is 0 Å². The van der Waals surface area contributed by atoms with Gasteiger partial charge >= 0.3 is 12.1 Å². The SMILES string of the molecule is CCOC(=O)C1(Cc2cc(F)ccc2C#N)CCN(C(=O)OC(C)(C)C)CC1. The summed E-state index contributed by atoms with van der Waals surface area (Å²) in [6.45, 7) is 7.99. The zero-order valence-electron chi connectivity index (χ0n) is 16.9. The van der Waals surface area contributed by atoms with E-state index in [1.807, 2.05) is 6.07 Å². The van der Waals surface area contributed by atoms with Crippen molar-refractivity contribution in [3.05, 3.63) is 35.1 Å². The molecule has 0 saturated carbocycles. The normalized spacial score (nSPS) is 16.2. The molecule has 1 aromatic carbocycles. The van der Waals surface area contributed by atoms with Gasteiger partial charge in [0.2, 0.25) is 0 Å². The first-order valence-corrected chi connectivity index (χ1v) is 9.44. The number of rotatable bonds is 4. The summed E-state index contributed by atoms with van der Waals surface area (Å²) in [6.07, 6.45) is 0.474. The number of esters is 1. The van der Waals surface area contributed by atoms with E-state index in [9.17, 15) is 19.2 Å². The molecule has 1 aliphatic rings. The lowest BCUT2D eigenvalue weighted by Gasteiger charge is -2.40. The van der Waals surface area contributed by atoms with E-state index >= 15 is 0 Å². The quantitative estimate of drug-likeness (QED) is 0.730. The molecule has 1 heterocycles. The van der Waals surface area contributed by atoms with Gasteiger partial charge in [-0.05, 0) is 70.7 Å². The van der Waals surface area contributed by atoms with Crippen LogP contribution in [0.1, 0.15) is 51.7 Å². The van der Waals surface area contributed by atoms with Crippen molar-refractivity contribution in [3.63, 3.8) is 0 Å². The second-order valence-corrected chi connectivity index (χ2v) is 8.06. The van der Waals surface area contributed by atoms with Gasteiger partial charge < -0.3 is 14.4 Å². The van der Waals surface area contributed by atoms with Crippen LogP contribution >= 0.6 is 0 Å². The van der Waals surface area contributed by atoms with Crippen LogP contribution in [0.3, 0.4) is 0 Å². The van der Waals surface area contributed by atoms with Crippen LogP contribution < -0.4 is 0 Å². The molecule has 6 nitrogen and oxygen atoms in total. The second-order valence-electron chi connectivity index (χ2n) is 8.06. The third-order valence-corrected chi connectivity index (χ3v) is 4.80. The average Bonchev–Trinajstić information content (AvgIpc) is 2.61. The van der Waals surface area contributed by atoms with Crippen LogP contribution in [0, 0.1) is 22.6 Å². The zero-order chi connectivity index (χ0) is 20.9. The topological polar surface area (TPSA) is 79.6 Å². The number of halogens is 1. The molecule has 1 aliphatic heterocycles. The fraction of sp³-hybridized carbons (Fsp3) is 0.571. The number of piperidine rings is 1. The second kappa shape index (κ2) is 8.59. The maximum atomic E-state index is 13.7. The summed E-state index contributed by atoms with van der Waals surface area (Å²) >= 11 is 0. The van der Waals surface area contributed by atoms with Crippen molar-refractivity contribution in [3.8, 4) is 6.07 Å². The summed E-state index contributed by atoms with van der Waals surface area (Å²) in [7, 11) is 0. The number of nitriles is 1. The molecule has 7 heteroatoms. The molecule has 1 amide bonds. The van der Waals surface area contributed by atoms with E-state index in [-0.39, 0.29) is 19.0 Å². The molecule has 0 aliphatic carbocycles. The molecule has 152 valence electrons. The molecule has 2 rings (SSSR count). The van der Waals surface area contributed by atoms with Crippen molar-refractivity contribution in [1.82, 2.24) is 4.90 Å². The number of carbonyl (C=O) groups excluding carboxylic acids is 2. The van der Waals surface area contributed by atoms with Gasteiger partial charge in [-0.25, -0.2) is 9.18 Å². The fourth-order valence-corrected chi connectivity index (χ4v) is 3.36. The molecule has 0 unspecified atom stereocenters. The van der Waals surface area contributed by atoms with E-state index in [4.69, 9.17) is 9.47 Å².